The van der Waals surface area contributed by atoms with Crippen LogP contribution in [0.2, 0.25) is 0 Å². The molecular formula is C10H23NOS. The molecule has 0 aromatic heterocycles. The highest BCUT2D eigenvalue weighted by Crippen LogP contribution is 2.02. The van der Waals surface area contributed by atoms with Crippen LogP contribution < -0.4 is 5.32 Å². The first-order valence-corrected chi connectivity index (χ1v) is 6.51. The minimum absolute atomic E-state index is 0.326. The Morgan fingerprint density at radius 3 is 2.62 bits per heavy atom. The largest absolute Gasteiger partial charge is 0.396 e. The van der Waals surface area contributed by atoms with Gasteiger partial charge in [0.2, 0.25) is 0 Å². The van der Waals surface area contributed by atoms with Crippen molar-refractivity contribution in [2.24, 2.45) is 5.92 Å². The van der Waals surface area contributed by atoms with Gasteiger partial charge in [-0.1, -0.05) is 6.92 Å². The normalized spacial score (nSPS) is 13.2. The first-order chi connectivity index (χ1) is 6.31. The van der Waals surface area contributed by atoms with Crippen LogP contribution in [0.3, 0.4) is 0 Å². The second-order valence-corrected chi connectivity index (χ2v) is 4.51. The van der Waals surface area contributed by atoms with Gasteiger partial charge in [-0.3, -0.25) is 0 Å². The van der Waals surface area contributed by atoms with E-state index in [9.17, 15) is 0 Å². The van der Waals surface area contributed by atoms with Crippen LogP contribution in [-0.4, -0.2) is 36.8 Å². The van der Waals surface area contributed by atoms with Gasteiger partial charge in [-0.05, 0) is 50.3 Å². The maximum Gasteiger partial charge on any atom is 0.0456 e. The predicted molar refractivity (Wildman–Crippen MR) is 61.4 cm³/mol. The molecule has 0 heterocycles. The molecule has 0 rings (SSSR count). The highest BCUT2D eigenvalue weighted by atomic mass is 32.2. The second-order valence-electron chi connectivity index (χ2n) is 3.53. The number of aliphatic hydroxyl groups is 1. The SMILES string of the molecule is CSCCCNCCCC(C)CO. The highest BCUT2D eigenvalue weighted by molar-refractivity contribution is 7.98. The second kappa shape index (κ2) is 10.4. The monoisotopic (exact) mass is 205 g/mol. The fourth-order valence-corrected chi connectivity index (χ4v) is 1.57. The Balaban J connectivity index is 2.91. The van der Waals surface area contributed by atoms with Crippen molar-refractivity contribution in [3.05, 3.63) is 0 Å². The maximum atomic E-state index is 8.78. The van der Waals surface area contributed by atoms with Crippen molar-refractivity contribution >= 4 is 11.8 Å². The molecule has 0 aliphatic heterocycles. The lowest BCUT2D eigenvalue weighted by molar-refractivity contribution is 0.228. The van der Waals surface area contributed by atoms with Crippen LogP contribution in [0.25, 0.3) is 0 Å². The molecule has 0 aliphatic rings. The quantitative estimate of drug-likeness (QED) is 0.562. The molecule has 0 saturated heterocycles. The van der Waals surface area contributed by atoms with Gasteiger partial charge in [-0.25, -0.2) is 0 Å². The minimum atomic E-state index is 0.326. The fraction of sp³-hybridized carbons (Fsp3) is 1.00. The van der Waals surface area contributed by atoms with Crippen LogP contribution >= 0.6 is 11.8 Å². The summed E-state index contributed by atoms with van der Waals surface area (Å²) in [4.78, 5) is 0. The first kappa shape index (κ1) is 13.3. The summed E-state index contributed by atoms with van der Waals surface area (Å²) in [6.45, 7) is 4.65. The number of hydrogen-bond acceptors (Lipinski definition) is 3. The summed E-state index contributed by atoms with van der Waals surface area (Å²) >= 11 is 1.90. The van der Waals surface area contributed by atoms with Crippen LogP contribution in [0.5, 0.6) is 0 Å². The van der Waals surface area contributed by atoms with E-state index in [0.29, 0.717) is 12.5 Å². The molecule has 0 saturated carbocycles. The van der Waals surface area contributed by atoms with E-state index in [1.54, 1.807) is 0 Å². The zero-order valence-electron chi connectivity index (χ0n) is 8.88. The summed E-state index contributed by atoms with van der Waals surface area (Å²) in [5.74, 6) is 1.72. The number of aliphatic hydroxyl groups excluding tert-OH is 1. The Hall–Kier alpha value is 0.270. The topological polar surface area (TPSA) is 32.3 Å². The van der Waals surface area contributed by atoms with E-state index in [0.717, 1.165) is 19.5 Å². The van der Waals surface area contributed by atoms with Gasteiger partial charge in [0.15, 0.2) is 0 Å². The lowest BCUT2D eigenvalue weighted by atomic mass is 10.1. The first-order valence-electron chi connectivity index (χ1n) is 5.11. The van der Waals surface area contributed by atoms with Crippen LogP contribution in [0, 0.1) is 5.92 Å². The maximum absolute atomic E-state index is 8.78. The van der Waals surface area contributed by atoms with Crippen molar-refractivity contribution in [2.75, 3.05) is 31.7 Å². The van der Waals surface area contributed by atoms with Crippen molar-refractivity contribution in [3.8, 4) is 0 Å². The fourth-order valence-electron chi connectivity index (χ4n) is 1.13. The molecule has 0 radical (unpaired) electrons. The lowest BCUT2D eigenvalue weighted by Crippen LogP contribution is -2.18. The third-order valence-electron chi connectivity index (χ3n) is 2.06. The zero-order valence-corrected chi connectivity index (χ0v) is 9.70. The van der Waals surface area contributed by atoms with Crippen LogP contribution in [0.1, 0.15) is 26.2 Å². The number of nitrogens with one attached hydrogen (secondary N) is 1. The number of hydrogen-bond donors (Lipinski definition) is 2. The van der Waals surface area contributed by atoms with Crippen molar-refractivity contribution in [1.82, 2.24) is 5.32 Å². The van der Waals surface area contributed by atoms with Gasteiger partial charge in [0.05, 0.1) is 0 Å². The predicted octanol–water partition coefficient (Wildman–Crippen LogP) is 1.74. The van der Waals surface area contributed by atoms with E-state index in [2.05, 4.69) is 18.5 Å². The molecule has 0 spiro atoms. The minimum Gasteiger partial charge on any atom is -0.396 e. The molecule has 0 aliphatic carbocycles. The Kier molecular flexibility index (Phi) is 10.6. The van der Waals surface area contributed by atoms with Gasteiger partial charge in [0.1, 0.15) is 0 Å². The van der Waals surface area contributed by atoms with E-state index < -0.39 is 0 Å². The van der Waals surface area contributed by atoms with E-state index >= 15 is 0 Å². The Bertz CT molecular complexity index is 101. The van der Waals surface area contributed by atoms with Crippen molar-refractivity contribution in [2.45, 2.75) is 26.2 Å². The molecule has 0 aromatic rings. The van der Waals surface area contributed by atoms with E-state index in [1.165, 1.54) is 18.6 Å². The summed E-state index contributed by atoms with van der Waals surface area (Å²) < 4.78 is 0. The molecule has 0 amide bonds. The summed E-state index contributed by atoms with van der Waals surface area (Å²) in [6, 6.07) is 0. The van der Waals surface area contributed by atoms with Gasteiger partial charge in [0.25, 0.3) is 0 Å². The van der Waals surface area contributed by atoms with E-state index in [1.807, 2.05) is 11.8 Å². The smallest absolute Gasteiger partial charge is 0.0456 e. The molecule has 0 fully saturated rings. The van der Waals surface area contributed by atoms with Gasteiger partial charge >= 0.3 is 0 Å². The zero-order chi connectivity index (χ0) is 9.94. The molecule has 1 atom stereocenters. The average molecular weight is 205 g/mol. The lowest BCUT2D eigenvalue weighted by Gasteiger charge is -2.07. The molecule has 80 valence electrons. The summed E-state index contributed by atoms with van der Waals surface area (Å²) in [5, 5.41) is 12.2. The molecular weight excluding hydrogens is 182 g/mol. The highest BCUT2D eigenvalue weighted by Gasteiger charge is 1.98. The van der Waals surface area contributed by atoms with Gasteiger partial charge < -0.3 is 10.4 Å². The average Bonchev–Trinajstić information content (AvgIpc) is 2.16. The van der Waals surface area contributed by atoms with Gasteiger partial charge in [-0.15, -0.1) is 0 Å². The third-order valence-corrected chi connectivity index (χ3v) is 2.76. The van der Waals surface area contributed by atoms with Crippen LogP contribution in [0.15, 0.2) is 0 Å². The Morgan fingerprint density at radius 1 is 1.31 bits per heavy atom. The third kappa shape index (κ3) is 10.2. The van der Waals surface area contributed by atoms with Crippen LogP contribution in [-0.2, 0) is 0 Å². The molecule has 1 unspecified atom stereocenters. The molecule has 2 N–H and O–H groups in total. The summed E-state index contributed by atoms with van der Waals surface area (Å²) in [7, 11) is 0. The molecule has 13 heavy (non-hydrogen) atoms. The summed E-state index contributed by atoms with van der Waals surface area (Å²) in [5.41, 5.74) is 0. The standard InChI is InChI=1S/C10H23NOS/c1-10(9-12)5-3-6-11-7-4-8-13-2/h10-12H,3-9H2,1-2H3. The molecule has 0 bridgehead atoms. The Morgan fingerprint density at radius 2 is 2.00 bits per heavy atom. The van der Waals surface area contributed by atoms with Crippen LogP contribution in [0.4, 0.5) is 0 Å². The molecule has 2 nitrogen and oxygen atoms in total. The van der Waals surface area contributed by atoms with E-state index in [-0.39, 0.29) is 0 Å². The van der Waals surface area contributed by atoms with Crippen molar-refractivity contribution < 1.29 is 5.11 Å². The molecule has 0 aromatic carbocycles. The van der Waals surface area contributed by atoms with Gasteiger partial charge in [-0.2, -0.15) is 11.8 Å². The number of rotatable bonds is 9. The van der Waals surface area contributed by atoms with E-state index in [4.69, 9.17) is 5.11 Å². The summed E-state index contributed by atoms with van der Waals surface area (Å²) in [6.07, 6.45) is 5.71. The van der Waals surface area contributed by atoms with Gasteiger partial charge in [0, 0.05) is 6.61 Å². The van der Waals surface area contributed by atoms with Crippen molar-refractivity contribution in [3.63, 3.8) is 0 Å². The number of thioether (sulfide) groups is 1. The van der Waals surface area contributed by atoms with Crippen molar-refractivity contribution in [1.29, 1.82) is 0 Å². The molecule has 3 heteroatoms. The Labute approximate surface area is 86.5 Å².